The molecule has 1 aliphatic heterocycles. The van der Waals surface area contributed by atoms with E-state index in [9.17, 15) is 4.79 Å². The Bertz CT molecular complexity index is 240. The van der Waals surface area contributed by atoms with E-state index in [0.29, 0.717) is 0 Å². The third-order valence-corrected chi connectivity index (χ3v) is 3.06. The maximum atomic E-state index is 11.4. The van der Waals surface area contributed by atoms with Gasteiger partial charge in [0.1, 0.15) is 0 Å². The van der Waals surface area contributed by atoms with E-state index in [1.165, 1.54) is 7.11 Å². The minimum atomic E-state index is -0.0651. The molecule has 0 N–H and O–H groups in total. The highest BCUT2D eigenvalue weighted by atomic mass is 16.5. The van der Waals surface area contributed by atoms with Crippen molar-refractivity contribution in [1.29, 1.82) is 0 Å². The Hall–Kier alpha value is -0.610. The summed E-state index contributed by atoms with van der Waals surface area (Å²) in [5.41, 5.74) is -0.0651. The molecule has 0 unspecified atom stereocenters. The van der Waals surface area contributed by atoms with Crippen molar-refractivity contribution < 1.29 is 14.3 Å². The van der Waals surface area contributed by atoms with Crippen LogP contribution in [-0.2, 0) is 14.3 Å². The van der Waals surface area contributed by atoms with Gasteiger partial charge in [-0.15, -0.1) is 0 Å². The molecule has 0 bridgehead atoms. The van der Waals surface area contributed by atoms with Gasteiger partial charge in [0.25, 0.3) is 0 Å². The molecule has 0 aromatic rings. The van der Waals surface area contributed by atoms with Crippen molar-refractivity contribution in [3.63, 3.8) is 0 Å². The van der Waals surface area contributed by atoms with E-state index < -0.39 is 0 Å². The Morgan fingerprint density at radius 2 is 1.88 bits per heavy atom. The first-order valence-corrected chi connectivity index (χ1v) is 6.36. The monoisotopic (exact) mass is 243 g/mol. The van der Waals surface area contributed by atoms with Gasteiger partial charge in [-0.2, -0.15) is 0 Å². The molecule has 100 valence electrons. The van der Waals surface area contributed by atoms with Gasteiger partial charge in [0, 0.05) is 6.54 Å². The Kier molecular flexibility index (Phi) is 5.40. The number of likely N-dealkylation sites (tertiary alicyclic amines) is 1. The average molecular weight is 243 g/mol. The molecule has 1 heterocycles. The van der Waals surface area contributed by atoms with Crippen molar-refractivity contribution in [2.75, 3.05) is 33.4 Å². The number of nitrogens with zero attached hydrogens (tertiary/aromatic N) is 1. The zero-order valence-corrected chi connectivity index (χ0v) is 11.5. The van der Waals surface area contributed by atoms with E-state index in [1.807, 2.05) is 0 Å². The highest BCUT2D eigenvalue weighted by molar-refractivity contribution is 5.72. The molecule has 0 radical (unpaired) electrons. The van der Waals surface area contributed by atoms with E-state index in [-0.39, 0.29) is 17.5 Å². The van der Waals surface area contributed by atoms with E-state index in [0.717, 1.165) is 39.1 Å². The molecular formula is C13H25NO3. The first kappa shape index (κ1) is 14.5. The zero-order chi connectivity index (χ0) is 12.9. The fourth-order valence-electron chi connectivity index (χ4n) is 2.04. The normalized spacial score (nSPS) is 19.3. The van der Waals surface area contributed by atoms with Gasteiger partial charge in [0.15, 0.2) is 0 Å². The molecule has 17 heavy (non-hydrogen) atoms. The van der Waals surface area contributed by atoms with Gasteiger partial charge in [0.05, 0.1) is 25.2 Å². The summed E-state index contributed by atoms with van der Waals surface area (Å²) in [6, 6.07) is 0. The third kappa shape index (κ3) is 5.50. The summed E-state index contributed by atoms with van der Waals surface area (Å²) in [5, 5.41) is 0. The number of ether oxygens (including phenoxy) is 2. The van der Waals surface area contributed by atoms with Crippen LogP contribution >= 0.6 is 0 Å². The molecule has 1 saturated heterocycles. The van der Waals surface area contributed by atoms with Crippen molar-refractivity contribution in [2.24, 2.45) is 5.92 Å². The van der Waals surface area contributed by atoms with Crippen LogP contribution in [0.1, 0.15) is 33.6 Å². The predicted octanol–water partition coefficient (Wildman–Crippen LogP) is 1.69. The van der Waals surface area contributed by atoms with Crippen molar-refractivity contribution in [3.05, 3.63) is 0 Å². The summed E-state index contributed by atoms with van der Waals surface area (Å²) in [4.78, 5) is 13.7. The number of piperidine rings is 1. The lowest BCUT2D eigenvalue weighted by molar-refractivity contribution is -0.147. The molecule has 0 amide bonds. The van der Waals surface area contributed by atoms with Crippen molar-refractivity contribution >= 4 is 5.97 Å². The number of methoxy groups -OCH3 is 1. The molecule has 1 rings (SSSR count). The summed E-state index contributed by atoms with van der Waals surface area (Å²) >= 11 is 0. The Labute approximate surface area is 104 Å². The van der Waals surface area contributed by atoms with Gasteiger partial charge >= 0.3 is 5.97 Å². The summed E-state index contributed by atoms with van der Waals surface area (Å²) < 4.78 is 10.5. The molecular weight excluding hydrogens is 218 g/mol. The number of rotatable bonds is 4. The minimum absolute atomic E-state index is 0.0596. The number of hydrogen-bond acceptors (Lipinski definition) is 4. The molecule has 0 aromatic heterocycles. The van der Waals surface area contributed by atoms with Crippen LogP contribution in [0.25, 0.3) is 0 Å². The SMILES string of the molecule is COC(=O)C1CCN(CCOC(C)(C)C)CC1. The lowest BCUT2D eigenvalue weighted by Crippen LogP contribution is -2.39. The lowest BCUT2D eigenvalue weighted by Gasteiger charge is -2.31. The molecule has 0 atom stereocenters. The van der Waals surface area contributed by atoms with Gasteiger partial charge in [-0.3, -0.25) is 4.79 Å². The minimum Gasteiger partial charge on any atom is -0.469 e. The Morgan fingerprint density at radius 3 is 2.35 bits per heavy atom. The van der Waals surface area contributed by atoms with Crippen LogP contribution in [0, 0.1) is 5.92 Å². The van der Waals surface area contributed by atoms with Gasteiger partial charge < -0.3 is 14.4 Å². The van der Waals surface area contributed by atoms with Gasteiger partial charge in [-0.25, -0.2) is 0 Å². The molecule has 0 spiro atoms. The lowest BCUT2D eigenvalue weighted by atomic mass is 9.97. The fourth-order valence-corrected chi connectivity index (χ4v) is 2.04. The quantitative estimate of drug-likeness (QED) is 0.704. The molecule has 4 heteroatoms. The van der Waals surface area contributed by atoms with Gasteiger partial charge in [0.2, 0.25) is 0 Å². The highest BCUT2D eigenvalue weighted by Gasteiger charge is 2.25. The number of carbonyl (C=O) groups is 1. The van der Waals surface area contributed by atoms with E-state index in [1.54, 1.807) is 0 Å². The van der Waals surface area contributed by atoms with Crippen LogP contribution in [0.2, 0.25) is 0 Å². The molecule has 1 fully saturated rings. The van der Waals surface area contributed by atoms with Crippen LogP contribution in [0.3, 0.4) is 0 Å². The number of carbonyl (C=O) groups excluding carboxylic acids is 1. The van der Waals surface area contributed by atoms with E-state index >= 15 is 0 Å². The standard InChI is InChI=1S/C13H25NO3/c1-13(2,3)17-10-9-14-7-5-11(6-8-14)12(15)16-4/h11H,5-10H2,1-4H3. The number of esters is 1. The summed E-state index contributed by atoms with van der Waals surface area (Å²) in [6.07, 6.45) is 1.81. The van der Waals surface area contributed by atoms with Gasteiger partial charge in [-0.05, 0) is 46.7 Å². The summed E-state index contributed by atoms with van der Waals surface area (Å²) in [5.74, 6) is 0.0374. The van der Waals surface area contributed by atoms with Crippen LogP contribution in [0.5, 0.6) is 0 Å². The average Bonchev–Trinajstić information content (AvgIpc) is 2.27. The smallest absolute Gasteiger partial charge is 0.308 e. The largest absolute Gasteiger partial charge is 0.469 e. The van der Waals surface area contributed by atoms with Crippen molar-refractivity contribution in [1.82, 2.24) is 4.90 Å². The Morgan fingerprint density at radius 1 is 1.29 bits per heavy atom. The number of hydrogen-bond donors (Lipinski definition) is 0. The van der Waals surface area contributed by atoms with Crippen LogP contribution in [0.4, 0.5) is 0 Å². The van der Waals surface area contributed by atoms with E-state index in [2.05, 4.69) is 25.7 Å². The maximum Gasteiger partial charge on any atom is 0.308 e. The maximum absolute atomic E-state index is 11.4. The first-order chi connectivity index (χ1) is 7.92. The van der Waals surface area contributed by atoms with Gasteiger partial charge in [-0.1, -0.05) is 0 Å². The predicted molar refractivity (Wildman–Crippen MR) is 66.9 cm³/mol. The summed E-state index contributed by atoms with van der Waals surface area (Å²) in [7, 11) is 1.46. The molecule has 0 aromatic carbocycles. The summed E-state index contributed by atoms with van der Waals surface area (Å²) in [6.45, 7) is 9.83. The first-order valence-electron chi connectivity index (χ1n) is 6.36. The van der Waals surface area contributed by atoms with Crippen LogP contribution < -0.4 is 0 Å². The molecule has 0 aliphatic carbocycles. The molecule has 0 saturated carbocycles. The second-order valence-corrected chi connectivity index (χ2v) is 5.60. The molecule has 4 nitrogen and oxygen atoms in total. The second-order valence-electron chi connectivity index (χ2n) is 5.60. The highest BCUT2D eigenvalue weighted by Crippen LogP contribution is 2.18. The van der Waals surface area contributed by atoms with E-state index in [4.69, 9.17) is 9.47 Å². The topological polar surface area (TPSA) is 38.8 Å². The van der Waals surface area contributed by atoms with Crippen LogP contribution in [0.15, 0.2) is 0 Å². The third-order valence-electron chi connectivity index (χ3n) is 3.06. The zero-order valence-electron chi connectivity index (χ0n) is 11.5. The second kappa shape index (κ2) is 6.36. The van der Waals surface area contributed by atoms with Crippen molar-refractivity contribution in [3.8, 4) is 0 Å². The molecule has 1 aliphatic rings. The van der Waals surface area contributed by atoms with Crippen molar-refractivity contribution in [2.45, 2.75) is 39.2 Å². The Balaban J connectivity index is 2.17. The fraction of sp³-hybridized carbons (Fsp3) is 0.923. The van der Waals surface area contributed by atoms with Crippen LogP contribution in [-0.4, -0.2) is 49.8 Å².